The number of nitrogens with zero attached hydrogens (tertiary/aromatic N) is 4. The smallest absolute Gasteiger partial charge is 0.254 e. The minimum Gasteiger partial charge on any atom is -0.338 e. The van der Waals surface area contributed by atoms with Gasteiger partial charge in [0.25, 0.3) is 5.91 Å². The molecule has 1 aliphatic rings. The lowest BCUT2D eigenvalue weighted by molar-refractivity contribution is 0.0533. The Morgan fingerprint density at radius 1 is 1.41 bits per heavy atom. The van der Waals surface area contributed by atoms with Crippen LogP contribution in [0.5, 0.6) is 0 Å². The van der Waals surface area contributed by atoms with Gasteiger partial charge in [-0.15, -0.1) is 0 Å². The fraction of sp³-hybridized carbons (Fsp3) is 0.438. The number of piperidine rings is 1. The van der Waals surface area contributed by atoms with Gasteiger partial charge in [0.2, 0.25) is 0 Å². The van der Waals surface area contributed by atoms with Gasteiger partial charge in [0.05, 0.1) is 0 Å². The predicted molar refractivity (Wildman–Crippen MR) is 83.6 cm³/mol. The van der Waals surface area contributed by atoms with Gasteiger partial charge in [-0.1, -0.05) is 13.8 Å². The van der Waals surface area contributed by atoms with Gasteiger partial charge in [0, 0.05) is 43.3 Å². The molecule has 2 aromatic rings. The Morgan fingerprint density at radius 3 is 2.91 bits per heavy atom. The number of hydrogen-bond acceptors (Lipinski definition) is 4. The van der Waals surface area contributed by atoms with Crippen molar-refractivity contribution < 1.29 is 4.79 Å². The van der Waals surface area contributed by atoms with Crippen molar-refractivity contribution in [1.82, 2.24) is 19.4 Å². The number of likely N-dealkylation sites (tertiary alicyclic amines) is 1. The summed E-state index contributed by atoms with van der Waals surface area (Å²) in [5, 5.41) is 0. The molecule has 6 heteroatoms. The van der Waals surface area contributed by atoms with Gasteiger partial charge in [-0.25, -0.2) is 9.97 Å². The molecule has 1 fully saturated rings. The van der Waals surface area contributed by atoms with Crippen molar-refractivity contribution in [3.8, 4) is 5.82 Å². The van der Waals surface area contributed by atoms with Crippen LogP contribution in [-0.2, 0) is 0 Å². The second-order valence-corrected chi connectivity index (χ2v) is 6.48. The summed E-state index contributed by atoms with van der Waals surface area (Å²) in [5.74, 6) is 0.722. The van der Waals surface area contributed by atoms with E-state index in [1.165, 1.54) is 0 Å². The second kappa shape index (κ2) is 5.53. The fourth-order valence-corrected chi connectivity index (χ4v) is 2.82. The Balaban J connectivity index is 1.82. The highest BCUT2D eigenvalue weighted by Crippen LogP contribution is 2.28. The molecule has 0 aromatic carbocycles. The van der Waals surface area contributed by atoms with Crippen molar-refractivity contribution in [3.63, 3.8) is 0 Å². The average molecular weight is 299 g/mol. The van der Waals surface area contributed by atoms with Crippen molar-refractivity contribution in [2.45, 2.75) is 26.3 Å². The van der Waals surface area contributed by atoms with Gasteiger partial charge in [-0.3, -0.25) is 9.36 Å². The zero-order chi connectivity index (χ0) is 15.7. The molecule has 1 aliphatic heterocycles. The molecule has 3 heterocycles. The molecule has 0 bridgehead atoms. The van der Waals surface area contributed by atoms with E-state index in [0.29, 0.717) is 24.5 Å². The number of carbonyl (C=O) groups excluding carboxylic acids is 1. The molecule has 6 nitrogen and oxygen atoms in total. The molecule has 0 radical (unpaired) electrons. The number of hydrogen-bond donors (Lipinski definition) is 1. The zero-order valence-electron chi connectivity index (χ0n) is 12.9. The Bertz CT molecular complexity index is 665. The number of rotatable bonds is 2. The summed E-state index contributed by atoms with van der Waals surface area (Å²) in [6.45, 7) is 5.60. The molecule has 22 heavy (non-hydrogen) atoms. The van der Waals surface area contributed by atoms with Gasteiger partial charge >= 0.3 is 0 Å². The van der Waals surface area contributed by atoms with Gasteiger partial charge < -0.3 is 10.6 Å². The third kappa shape index (κ3) is 2.74. The largest absolute Gasteiger partial charge is 0.338 e. The van der Waals surface area contributed by atoms with Crippen LogP contribution in [0.3, 0.4) is 0 Å². The van der Waals surface area contributed by atoms with Crippen molar-refractivity contribution in [1.29, 1.82) is 0 Å². The lowest BCUT2D eigenvalue weighted by Gasteiger charge is -2.42. The predicted octanol–water partition coefficient (Wildman–Crippen LogP) is 1.47. The molecule has 1 atom stereocenters. The minimum atomic E-state index is -0.0614. The average Bonchev–Trinajstić information content (AvgIpc) is 3.04. The monoisotopic (exact) mass is 299 g/mol. The molecule has 1 unspecified atom stereocenters. The van der Waals surface area contributed by atoms with E-state index in [1.54, 1.807) is 41.6 Å². The number of imidazole rings is 1. The summed E-state index contributed by atoms with van der Waals surface area (Å²) in [4.78, 5) is 22.9. The zero-order valence-corrected chi connectivity index (χ0v) is 12.9. The number of amides is 1. The van der Waals surface area contributed by atoms with E-state index < -0.39 is 0 Å². The molecule has 3 rings (SSSR count). The summed E-state index contributed by atoms with van der Waals surface area (Å²) in [6, 6.07) is 3.69. The summed E-state index contributed by atoms with van der Waals surface area (Å²) in [6.07, 6.45) is 7.64. The maximum Gasteiger partial charge on any atom is 0.254 e. The van der Waals surface area contributed by atoms with E-state index in [0.717, 1.165) is 6.42 Å². The molecule has 2 aromatic heterocycles. The second-order valence-electron chi connectivity index (χ2n) is 6.48. The van der Waals surface area contributed by atoms with Gasteiger partial charge in [0.15, 0.2) is 0 Å². The Morgan fingerprint density at radius 2 is 2.23 bits per heavy atom. The number of carbonyl (C=O) groups is 1. The Labute approximate surface area is 130 Å². The van der Waals surface area contributed by atoms with Gasteiger partial charge in [-0.05, 0) is 24.0 Å². The van der Waals surface area contributed by atoms with Crippen molar-refractivity contribution in [3.05, 3.63) is 42.6 Å². The Kier molecular flexibility index (Phi) is 3.70. The molecule has 0 aliphatic carbocycles. The topological polar surface area (TPSA) is 77.0 Å². The van der Waals surface area contributed by atoms with E-state index in [-0.39, 0.29) is 17.4 Å². The van der Waals surface area contributed by atoms with Crippen molar-refractivity contribution in [2.75, 3.05) is 13.1 Å². The van der Waals surface area contributed by atoms with Crippen molar-refractivity contribution >= 4 is 5.91 Å². The fourth-order valence-electron chi connectivity index (χ4n) is 2.82. The number of pyridine rings is 1. The lowest BCUT2D eigenvalue weighted by atomic mass is 9.79. The third-order valence-electron chi connectivity index (χ3n) is 4.36. The molecular weight excluding hydrogens is 278 g/mol. The highest BCUT2D eigenvalue weighted by atomic mass is 16.2. The number of aromatic nitrogens is 3. The highest BCUT2D eigenvalue weighted by Gasteiger charge is 2.35. The standard InChI is InChI=1S/C16H21N5O/c1-16(2)10-20(7-4-13(16)17)15(22)12-3-5-19-14(9-12)21-8-6-18-11-21/h3,5-6,8-9,11,13H,4,7,10,17H2,1-2H3. The van der Waals surface area contributed by atoms with E-state index in [1.807, 2.05) is 4.90 Å². The lowest BCUT2D eigenvalue weighted by Crippen LogP contribution is -2.54. The van der Waals surface area contributed by atoms with Crippen LogP contribution in [0.15, 0.2) is 37.1 Å². The van der Waals surface area contributed by atoms with E-state index in [9.17, 15) is 4.79 Å². The van der Waals surface area contributed by atoms with Crippen molar-refractivity contribution in [2.24, 2.45) is 11.1 Å². The SMILES string of the molecule is CC1(C)CN(C(=O)c2ccnc(-n3ccnc3)c2)CCC1N. The first-order valence-electron chi connectivity index (χ1n) is 7.46. The van der Waals surface area contributed by atoms with Crippen LogP contribution in [0.2, 0.25) is 0 Å². The summed E-state index contributed by atoms with van der Waals surface area (Å²) < 4.78 is 1.78. The number of nitrogens with two attached hydrogens (primary N) is 1. The molecule has 1 saturated heterocycles. The van der Waals surface area contributed by atoms with Crippen LogP contribution in [0.1, 0.15) is 30.6 Å². The van der Waals surface area contributed by atoms with Crippen LogP contribution >= 0.6 is 0 Å². The Hall–Kier alpha value is -2.21. The van der Waals surface area contributed by atoms with Gasteiger partial charge in [-0.2, -0.15) is 0 Å². The molecular formula is C16H21N5O. The van der Waals surface area contributed by atoms with E-state index in [2.05, 4.69) is 23.8 Å². The first-order valence-corrected chi connectivity index (χ1v) is 7.46. The van der Waals surface area contributed by atoms with Crippen LogP contribution in [-0.4, -0.2) is 44.5 Å². The van der Waals surface area contributed by atoms with E-state index in [4.69, 9.17) is 5.73 Å². The van der Waals surface area contributed by atoms with Crippen LogP contribution in [0.25, 0.3) is 5.82 Å². The normalized spacial score (nSPS) is 20.9. The highest BCUT2D eigenvalue weighted by molar-refractivity contribution is 5.94. The van der Waals surface area contributed by atoms with E-state index >= 15 is 0 Å². The summed E-state index contributed by atoms with van der Waals surface area (Å²) in [5.41, 5.74) is 6.73. The molecule has 0 saturated carbocycles. The summed E-state index contributed by atoms with van der Waals surface area (Å²) >= 11 is 0. The van der Waals surface area contributed by atoms with Crippen LogP contribution in [0.4, 0.5) is 0 Å². The molecule has 116 valence electrons. The quantitative estimate of drug-likeness (QED) is 0.911. The third-order valence-corrected chi connectivity index (χ3v) is 4.36. The first kappa shape index (κ1) is 14.7. The first-order chi connectivity index (χ1) is 10.5. The molecule has 2 N–H and O–H groups in total. The van der Waals surface area contributed by atoms with Gasteiger partial charge in [0.1, 0.15) is 12.1 Å². The maximum atomic E-state index is 12.7. The molecule has 1 amide bonds. The molecule has 0 spiro atoms. The summed E-state index contributed by atoms with van der Waals surface area (Å²) in [7, 11) is 0. The van der Waals surface area contributed by atoms with Crippen LogP contribution < -0.4 is 5.73 Å². The van der Waals surface area contributed by atoms with Crippen LogP contribution in [0, 0.1) is 5.41 Å². The maximum absolute atomic E-state index is 12.7. The minimum absolute atomic E-state index is 0.0312.